The maximum Gasteiger partial charge on any atom is 0.219 e. The number of benzene rings is 1. The van der Waals surface area contributed by atoms with E-state index in [2.05, 4.69) is 44.1 Å². The molecule has 0 saturated carbocycles. The maximum atomic E-state index is 6.02. The number of ether oxygens (including phenoxy) is 1. The number of para-hydroxylation sites is 1. The second kappa shape index (κ2) is 6.72. The van der Waals surface area contributed by atoms with Crippen molar-refractivity contribution in [2.75, 3.05) is 6.54 Å². The number of nitrogens with zero attached hydrogens (tertiary/aromatic N) is 1. The molecule has 0 unspecified atom stereocenters. The molecule has 0 aliphatic heterocycles. The van der Waals surface area contributed by atoms with Crippen molar-refractivity contribution in [1.29, 1.82) is 0 Å². The van der Waals surface area contributed by atoms with Crippen LogP contribution in [0.15, 0.2) is 42.5 Å². The third kappa shape index (κ3) is 4.30. The molecule has 0 aliphatic carbocycles. The Morgan fingerprint density at radius 3 is 2.52 bits per heavy atom. The summed E-state index contributed by atoms with van der Waals surface area (Å²) in [4.78, 5) is 4.54. The van der Waals surface area contributed by atoms with E-state index in [-0.39, 0.29) is 5.41 Å². The summed E-state index contributed by atoms with van der Waals surface area (Å²) in [7, 11) is 0. The Hall–Kier alpha value is -1.87. The van der Waals surface area contributed by atoms with Gasteiger partial charge in [0.1, 0.15) is 5.75 Å². The van der Waals surface area contributed by atoms with Crippen molar-refractivity contribution in [2.45, 2.75) is 39.7 Å². The van der Waals surface area contributed by atoms with E-state index in [0.29, 0.717) is 5.88 Å². The van der Waals surface area contributed by atoms with Crippen molar-refractivity contribution >= 4 is 0 Å². The Bertz CT molecular complexity index is 588. The van der Waals surface area contributed by atoms with E-state index in [1.54, 1.807) is 0 Å². The van der Waals surface area contributed by atoms with Crippen LogP contribution in [0.1, 0.15) is 39.0 Å². The molecule has 1 heterocycles. The van der Waals surface area contributed by atoms with E-state index < -0.39 is 0 Å². The van der Waals surface area contributed by atoms with Gasteiger partial charge in [-0.3, -0.25) is 0 Å². The first kappa shape index (κ1) is 15.5. The molecule has 0 aliphatic rings. The lowest BCUT2D eigenvalue weighted by Crippen LogP contribution is -2.13. The van der Waals surface area contributed by atoms with Gasteiger partial charge in [-0.1, -0.05) is 52.0 Å². The normalized spacial score (nSPS) is 11.4. The van der Waals surface area contributed by atoms with Gasteiger partial charge < -0.3 is 10.1 Å². The average molecular weight is 284 g/mol. The highest BCUT2D eigenvalue weighted by molar-refractivity contribution is 5.40. The highest BCUT2D eigenvalue weighted by atomic mass is 16.5. The molecule has 1 N–H and O–H groups in total. The van der Waals surface area contributed by atoms with E-state index in [1.807, 2.05) is 36.4 Å². The smallest absolute Gasteiger partial charge is 0.219 e. The summed E-state index contributed by atoms with van der Waals surface area (Å²) in [6, 6.07) is 14.0. The lowest BCUT2D eigenvalue weighted by molar-refractivity contribution is 0.437. The van der Waals surface area contributed by atoms with Crippen LogP contribution >= 0.6 is 0 Å². The second-order valence-electron chi connectivity index (χ2n) is 6.10. The first-order chi connectivity index (χ1) is 10.0. The van der Waals surface area contributed by atoms with Gasteiger partial charge in [-0.15, -0.1) is 0 Å². The maximum absolute atomic E-state index is 6.02. The Kier molecular flexibility index (Phi) is 4.97. The zero-order chi connectivity index (χ0) is 15.3. The first-order valence-corrected chi connectivity index (χ1v) is 7.44. The summed E-state index contributed by atoms with van der Waals surface area (Å²) in [6.07, 6.45) is 0. The highest BCUT2D eigenvalue weighted by Gasteiger charge is 2.18. The van der Waals surface area contributed by atoms with Gasteiger partial charge in [0.15, 0.2) is 0 Å². The predicted octanol–water partition coefficient (Wildman–Crippen LogP) is 4.28. The van der Waals surface area contributed by atoms with Crippen molar-refractivity contribution in [3.05, 3.63) is 53.7 Å². The summed E-state index contributed by atoms with van der Waals surface area (Å²) in [5.74, 6) is 1.51. The van der Waals surface area contributed by atoms with Gasteiger partial charge in [0.05, 0.1) is 5.69 Å². The molecular weight excluding hydrogens is 260 g/mol. The van der Waals surface area contributed by atoms with Crippen molar-refractivity contribution in [3.63, 3.8) is 0 Å². The third-order valence-electron chi connectivity index (χ3n) is 3.25. The van der Waals surface area contributed by atoms with Crippen LogP contribution in [-0.2, 0) is 12.0 Å². The van der Waals surface area contributed by atoms with Gasteiger partial charge in [0, 0.05) is 18.2 Å². The van der Waals surface area contributed by atoms with Crippen LogP contribution in [0.5, 0.6) is 11.6 Å². The fraction of sp³-hybridized carbons (Fsp3) is 0.389. The van der Waals surface area contributed by atoms with Crippen molar-refractivity contribution < 1.29 is 4.74 Å². The molecule has 2 aromatic rings. The summed E-state index contributed by atoms with van der Waals surface area (Å²) < 4.78 is 6.02. The molecule has 0 atom stereocenters. The van der Waals surface area contributed by atoms with Crippen LogP contribution in [0.3, 0.4) is 0 Å². The zero-order valence-corrected chi connectivity index (χ0v) is 13.3. The quantitative estimate of drug-likeness (QED) is 0.889. The van der Waals surface area contributed by atoms with Crippen LogP contribution < -0.4 is 10.1 Å². The molecule has 1 aromatic heterocycles. The summed E-state index contributed by atoms with van der Waals surface area (Å²) in [6.45, 7) is 10.3. The van der Waals surface area contributed by atoms with Crippen molar-refractivity contribution in [1.82, 2.24) is 10.3 Å². The lowest BCUT2D eigenvalue weighted by atomic mass is 9.86. The van der Waals surface area contributed by atoms with Gasteiger partial charge in [0.2, 0.25) is 5.88 Å². The SMILES string of the molecule is CCNCc1cccc(Oc2ccccc2C(C)(C)C)n1. The molecule has 112 valence electrons. The van der Waals surface area contributed by atoms with Crippen LogP contribution in [0.2, 0.25) is 0 Å². The molecule has 0 fully saturated rings. The molecule has 0 spiro atoms. The number of rotatable bonds is 5. The molecule has 3 heteroatoms. The minimum Gasteiger partial charge on any atom is -0.439 e. The minimum absolute atomic E-state index is 0.0397. The molecule has 3 nitrogen and oxygen atoms in total. The van der Waals surface area contributed by atoms with Gasteiger partial charge in [0.25, 0.3) is 0 Å². The number of pyridine rings is 1. The average Bonchev–Trinajstić information content (AvgIpc) is 2.45. The van der Waals surface area contributed by atoms with E-state index in [4.69, 9.17) is 4.74 Å². The standard InChI is InChI=1S/C18H24N2O/c1-5-19-13-14-9-8-12-17(20-14)21-16-11-7-6-10-15(16)18(2,3)4/h6-12,19H,5,13H2,1-4H3. The summed E-state index contributed by atoms with van der Waals surface area (Å²) >= 11 is 0. The molecular formula is C18H24N2O. The van der Waals surface area contributed by atoms with Gasteiger partial charge in [-0.05, 0) is 24.1 Å². The fourth-order valence-corrected chi connectivity index (χ4v) is 2.15. The minimum atomic E-state index is 0.0397. The third-order valence-corrected chi connectivity index (χ3v) is 3.25. The number of hydrogen-bond donors (Lipinski definition) is 1. The first-order valence-electron chi connectivity index (χ1n) is 7.44. The fourth-order valence-electron chi connectivity index (χ4n) is 2.15. The molecule has 0 radical (unpaired) electrons. The molecule has 0 amide bonds. The predicted molar refractivity (Wildman–Crippen MR) is 86.8 cm³/mol. The topological polar surface area (TPSA) is 34.1 Å². The van der Waals surface area contributed by atoms with E-state index in [0.717, 1.165) is 24.5 Å². The largest absolute Gasteiger partial charge is 0.439 e. The Morgan fingerprint density at radius 2 is 1.81 bits per heavy atom. The highest BCUT2D eigenvalue weighted by Crippen LogP contribution is 2.33. The molecule has 0 saturated heterocycles. The Morgan fingerprint density at radius 1 is 1.05 bits per heavy atom. The molecule has 21 heavy (non-hydrogen) atoms. The number of nitrogens with one attached hydrogen (secondary N) is 1. The monoisotopic (exact) mass is 284 g/mol. The van der Waals surface area contributed by atoms with Crippen LogP contribution in [0, 0.1) is 0 Å². The van der Waals surface area contributed by atoms with Gasteiger partial charge >= 0.3 is 0 Å². The molecule has 1 aromatic carbocycles. The van der Waals surface area contributed by atoms with Gasteiger partial charge in [-0.25, -0.2) is 4.98 Å². The summed E-state index contributed by atoms with van der Waals surface area (Å²) in [5.41, 5.74) is 2.21. The zero-order valence-electron chi connectivity index (χ0n) is 13.3. The van der Waals surface area contributed by atoms with E-state index in [1.165, 1.54) is 5.56 Å². The lowest BCUT2D eigenvalue weighted by Gasteiger charge is -2.22. The number of aromatic nitrogens is 1. The number of hydrogen-bond acceptors (Lipinski definition) is 3. The Labute approximate surface area is 127 Å². The van der Waals surface area contributed by atoms with Crippen molar-refractivity contribution in [3.8, 4) is 11.6 Å². The van der Waals surface area contributed by atoms with Crippen LogP contribution in [-0.4, -0.2) is 11.5 Å². The second-order valence-corrected chi connectivity index (χ2v) is 6.10. The van der Waals surface area contributed by atoms with Crippen LogP contribution in [0.25, 0.3) is 0 Å². The van der Waals surface area contributed by atoms with E-state index in [9.17, 15) is 0 Å². The van der Waals surface area contributed by atoms with Gasteiger partial charge in [-0.2, -0.15) is 0 Å². The van der Waals surface area contributed by atoms with E-state index >= 15 is 0 Å². The van der Waals surface area contributed by atoms with Crippen molar-refractivity contribution in [2.24, 2.45) is 0 Å². The molecule has 2 rings (SSSR count). The summed E-state index contributed by atoms with van der Waals surface area (Å²) in [5, 5.41) is 3.27. The Balaban J connectivity index is 2.23. The molecule has 0 bridgehead atoms. The van der Waals surface area contributed by atoms with Crippen LogP contribution in [0.4, 0.5) is 0 Å².